The van der Waals surface area contributed by atoms with Crippen LogP contribution in [0.3, 0.4) is 0 Å². The highest BCUT2D eigenvalue weighted by Gasteiger charge is 2.28. The van der Waals surface area contributed by atoms with E-state index in [2.05, 4.69) is 20.0 Å². The number of nitrogens with one attached hydrogen (secondary N) is 1. The summed E-state index contributed by atoms with van der Waals surface area (Å²) in [6.45, 7) is -1.83. The lowest BCUT2D eigenvalue weighted by Crippen LogP contribution is -2.38. The molecule has 1 aliphatic rings. The monoisotopic (exact) mass is 552 g/mol. The summed E-state index contributed by atoms with van der Waals surface area (Å²) in [6, 6.07) is 15.5. The zero-order valence-corrected chi connectivity index (χ0v) is 21.9. The Hall–Kier alpha value is -4.12. The fourth-order valence-corrected chi connectivity index (χ4v) is 5.59. The molecule has 2 aromatic heterocycles. The topological polar surface area (TPSA) is 93.7 Å². The molecule has 0 atom stereocenters. The number of nitrogens with zero attached hydrogens (tertiary/aromatic N) is 3. The first-order valence-corrected chi connectivity index (χ1v) is 13.3. The molecule has 3 heterocycles. The maximum absolute atomic E-state index is 13.2. The first kappa shape index (κ1) is 26.5. The number of halogens is 2. The van der Waals surface area contributed by atoms with Crippen LogP contribution in [0.2, 0.25) is 0 Å². The van der Waals surface area contributed by atoms with Gasteiger partial charge in [0.25, 0.3) is 11.8 Å². The van der Waals surface area contributed by atoms with Crippen LogP contribution in [0, 0.1) is 0 Å². The molecule has 5 rings (SSSR count). The van der Waals surface area contributed by atoms with Gasteiger partial charge < -0.3 is 19.7 Å². The number of thiazole rings is 1. The number of para-hydroxylation sites is 2. The highest BCUT2D eigenvalue weighted by atomic mass is 32.1. The van der Waals surface area contributed by atoms with Crippen LogP contribution in [0.25, 0.3) is 10.9 Å². The van der Waals surface area contributed by atoms with E-state index < -0.39 is 12.5 Å². The molecule has 2 amide bonds. The lowest BCUT2D eigenvalue weighted by molar-refractivity contribution is -0.0504. The Morgan fingerprint density at radius 3 is 2.56 bits per heavy atom. The average molecular weight is 553 g/mol. The van der Waals surface area contributed by atoms with Crippen LogP contribution in [0.1, 0.15) is 50.3 Å². The number of fused-ring (bicyclic) bond motifs is 1. The molecule has 1 N–H and O–H groups in total. The number of rotatable bonds is 8. The Balaban J connectivity index is 1.18. The summed E-state index contributed by atoms with van der Waals surface area (Å²) in [4.78, 5) is 36.7. The average Bonchev–Trinajstić information content (AvgIpc) is 3.46. The van der Waals surface area contributed by atoms with Crippen LogP contribution in [-0.4, -0.2) is 53.5 Å². The second-order valence-corrected chi connectivity index (χ2v) is 9.92. The van der Waals surface area contributed by atoms with E-state index in [1.165, 1.54) is 17.4 Å². The molecule has 1 saturated heterocycles. The van der Waals surface area contributed by atoms with Crippen molar-refractivity contribution in [3.05, 3.63) is 81.9 Å². The highest BCUT2D eigenvalue weighted by molar-refractivity contribution is 7.09. The summed E-state index contributed by atoms with van der Waals surface area (Å²) in [5.41, 5.74) is 1.76. The molecule has 0 spiro atoms. The highest BCUT2D eigenvalue weighted by Crippen LogP contribution is 2.32. The molecule has 0 saturated carbocycles. The van der Waals surface area contributed by atoms with Gasteiger partial charge in [-0.05, 0) is 31.0 Å². The summed E-state index contributed by atoms with van der Waals surface area (Å²) >= 11 is 1.40. The number of carbonyl (C=O) groups excluding carboxylic acids is 2. The Labute approximate surface area is 227 Å². The van der Waals surface area contributed by atoms with Crippen LogP contribution in [0.4, 0.5) is 8.78 Å². The van der Waals surface area contributed by atoms with Crippen molar-refractivity contribution in [3.8, 4) is 11.5 Å². The minimum atomic E-state index is -2.95. The van der Waals surface area contributed by atoms with Gasteiger partial charge in [0.15, 0.2) is 0 Å². The number of ether oxygens (including phenoxy) is 2. The smallest absolute Gasteiger partial charge is 0.387 e. The van der Waals surface area contributed by atoms with E-state index in [-0.39, 0.29) is 29.8 Å². The number of pyridine rings is 1. The first-order valence-electron chi connectivity index (χ1n) is 12.4. The molecule has 39 heavy (non-hydrogen) atoms. The summed E-state index contributed by atoms with van der Waals surface area (Å²) < 4.78 is 35.3. The molecule has 8 nitrogen and oxygen atoms in total. The van der Waals surface area contributed by atoms with Crippen molar-refractivity contribution in [1.82, 2.24) is 20.2 Å². The van der Waals surface area contributed by atoms with Crippen molar-refractivity contribution in [1.29, 1.82) is 0 Å². The predicted octanol–water partition coefficient (Wildman–Crippen LogP) is 5.25. The van der Waals surface area contributed by atoms with Crippen LogP contribution in [-0.2, 0) is 6.54 Å². The summed E-state index contributed by atoms with van der Waals surface area (Å²) in [6.07, 6.45) is 1.42. The lowest BCUT2D eigenvalue weighted by Gasteiger charge is -2.31. The number of aromatic nitrogens is 2. The van der Waals surface area contributed by atoms with Gasteiger partial charge in [-0.3, -0.25) is 9.59 Å². The fraction of sp³-hybridized carbons (Fsp3) is 0.286. The van der Waals surface area contributed by atoms with Gasteiger partial charge in [0.05, 0.1) is 17.6 Å². The standard InChI is InChI=1S/C28H26F2N4O4S/c1-37-24-14-21(32-20-8-4-3-7-19(20)24)27(36)34-12-10-17(11-13-34)26-33-22(16-39-26)25(35)31-15-18-6-2-5-9-23(18)38-28(29)30/h2-9,14,16-17,28H,10-13,15H2,1H3,(H,31,35). The second-order valence-electron chi connectivity index (χ2n) is 9.03. The van der Waals surface area contributed by atoms with Crippen molar-refractivity contribution in [3.63, 3.8) is 0 Å². The molecule has 0 bridgehead atoms. The van der Waals surface area contributed by atoms with E-state index in [0.717, 1.165) is 10.4 Å². The number of hydrogen-bond donors (Lipinski definition) is 1. The molecule has 0 unspecified atom stereocenters. The molecule has 0 aliphatic carbocycles. The Kier molecular flexibility index (Phi) is 7.97. The van der Waals surface area contributed by atoms with Crippen LogP contribution < -0.4 is 14.8 Å². The number of likely N-dealkylation sites (tertiary alicyclic amines) is 1. The molecule has 4 aromatic rings. The number of hydrogen-bond acceptors (Lipinski definition) is 7. The van der Waals surface area contributed by atoms with Gasteiger partial charge in [0.2, 0.25) is 0 Å². The van der Waals surface area contributed by atoms with E-state index in [0.29, 0.717) is 48.5 Å². The van der Waals surface area contributed by atoms with Crippen molar-refractivity contribution < 1.29 is 27.8 Å². The maximum Gasteiger partial charge on any atom is 0.387 e. The number of carbonyl (C=O) groups is 2. The van der Waals surface area contributed by atoms with Gasteiger partial charge in [-0.2, -0.15) is 8.78 Å². The van der Waals surface area contributed by atoms with Crippen LogP contribution in [0.5, 0.6) is 11.5 Å². The minimum Gasteiger partial charge on any atom is -0.496 e. The summed E-state index contributed by atoms with van der Waals surface area (Å²) in [5.74, 6) is 0.212. The Morgan fingerprint density at radius 1 is 1.05 bits per heavy atom. The van der Waals surface area contributed by atoms with E-state index in [4.69, 9.17) is 4.74 Å². The van der Waals surface area contributed by atoms with E-state index in [9.17, 15) is 18.4 Å². The SMILES string of the molecule is COc1cc(C(=O)N2CCC(c3nc(C(=O)NCc4ccccc4OC(F)F)cs3)CC2)nc2ccccc12. The van der Waals surface area contributed by atoms with Gasteiger partial charge in [-0.25, -0.2) is 9.97 Å². The number of amides is 2. The molecule has 1 fully saturated rings. The first-order chi connectivity index (χ1) is 18.9. The van der Waals surface area contributed by atoms with Crippen molar-refractivity contribution in [2.75, 3.05) is 20.2 Å². The zero-order valence-electron chi connectivity index (χ0n) is 21.1. The van der Waals surface area contributed by atoms with Gasteiger partial charge in [-0.15, -0.1) is 11.3 Å². The number of benzene rings is 2. The molecular weight excluding hydrogens is 526 g/mol. The molecule has 0 radical (unpaired) electrons. The largest absolute Gasteiger partial charge is 0.496 e. The van der Waals surface area contributed by atoms with Gasteiger partial charge in [-0.1, -0.05) is 30.3 Å². The third-order valence-electron chi connectivity index (χ3n) is 6.63. The molecule has 202 valence electrons. The van der Waals surface area contributed by atoms with Gasteiger partial charge in [0.1, 0.15) is 22.9 Å². The number of methoxy groups -OCH3 is 1. The molecule has 2 aromatic carbocycles. The Morgan fingerprint density at radius 2 is 1.79 bits per heavy atom. The predicted molar refractivity (Wildman–Crippen MR) is 143 cm³/mol. The summed E-state index contributed by atoms with van der Waals surface area (Å²) in [5, 5.41) is 6.09. The molecule has 1 aliphatic heterocycles. The third kappa shape index (κ3) is 5.98. The van der Waals surface area contributed by atoms with Crippen molar-refractivity contribution in [2.45, 2.75) is 31.9 Å². The number of piperidine rings is 1. The second kappa shape index (κ2) is 11.7. The van der Waals surface area contributed by atoms with Gasteiger partial charge in [0, 0.05) is 47.9 Å². The molecular formula is C28H26F2N4O4S. The van der Waals surface area contributed by atoms with E-state index >= 15 is 0 Å². The third-order valence-corrected chi connectivity index (χ3v) is 7.64. The van der Waals surface area contributed by atoms with Crippen LogP contribution >= 0.6 is 11.3 Å². The minimum absolute atomic E-state index is 0.0189. The lowest BCUT2D eigenvalue weighted by atomic mass is 9.97. The normalized spacial score (nSPS) is 14.0. The van der Waals surface area contributed by atoms with E-state index in [1.807, 2.05) is 24.3 Å². The molecule has 11 heteroatoms. The zero-order chi connectivity index (χ0) is 27.4. The quantitative estimate of drug-likeness (QED) is 0.321. The van der Waals surface area contributed by atoms with Crippen molar-refractivity contribution >= 4 is 34.1 Å². The van der Waals surface area contributed by atoms with Crippen molar-refractivity contribution in [2.24, 2.45) is 0 Å². The number of alkyl halides is 2. The Bertz CT molecular complexity index is 1490. The van der Waals surface area contributed by atoms with E-state index in [1.54, 1.807) is 41.7 Å². The maximum atomic E-state index is 13.2. The van der Waals surface area contributed by atoms with Crippen LogP contribution in [0.15, 0.2) is 60.0 Å². The van der Waals surface area contributed by atoms with Gasteiger partial charge >= 0.3 is 6.61 Å². The fourth-order valence-electron chi connectivity index (χ4n) is 4.62. The summed E-state index contributed by atoms with van der Waals surface area (Å²) in [7, 11) is 1.57.